The number of anilines is 1. The van der Waals surface area contributed by atoms with Gasteiger partial charge in [-0.25, -0.2) is 0 Å². The largest absolute Gasteiger partial charge is 0.507 e. The van der Waals surface area contributed by atoms with Crippen LogP contribution in [0, 0.1) is 10.1 Å². The van der Waals surface area contributed by atoms with Gasteiger partial charge in [-0.1, -0.05) is 60.1 Å². The molecule has 4 rings (SSSR count). The number of rotatable bonds is 4. The standard InChI is InChI=1S/C23H15ClN2O5/c24-16-9-5-10-17(13-16)25-20(15-8-4-11-18(12-15)26(30)31)19(22(28)23(25)29)21(27)14-6-2-1-3-7-14/h1-13,20,27H/b21-19+/t20-/m1/s1. The third-order valence-corrected chi connectivity index (χ3v) is 5.21. The SMILES string of the molecule is O=C1C(=O)N(c2cccc(Cl)c2)[C@H](c2cccc([N+](=O)[O-])c2)/C1=C(\O)c1ccccc1. The molecule has 1 amide bonds. The van der Waals surface area contributed by atoms with Crippen LogP contribution in [0.15, 0.2) is 84.4 Å². The number of aliphatic hydroxyl groups excluding tert-OH is 1. The molecule has 0 bridgehead atoms. The van der Waals surface area contributed by atoms with E-state index in [4.69, 9.17) is 11.6 Å². The van der Waals surface area contributed by atoms with Crippen LogP contribution in [0.1, 0.15) is 17.2 Å². The second-order valence-electron chi connectivity index (χ2n) is 6.87. The molecule has 0 aromatic heterocycles. The van der Waals surface area contributed by atoms with Gasteiger partial charge in [0, 0.05) is 28.4 Å². The Hall–Kier alpha value is -3.97. The first kappa shape index (κ1) is 20.3. The van der Waals surface area contributed by atoms with Crippen molar-refractivity contribution in [1.82, 2.24) is 0 Å². The lowest BCUT2D eigenvalue weighted by Gasteiger charge is -2.25. The average Bonchev–Trinajstić information content (AvgIpc) is 3.04. The van der Waals surface area contributed by atoms with E-state index in [0.717, 1.165) is 0 Å². The number of nitro benzene ring substituents is 1. The summed E-state index contributed by atoms with van der Waals surface area (Å²) in [6, 6.07) is 19.2. The monoisotopic (exact) mass is 434 g/mol. The zero-order chi connectivity index (χ0) is 22.1. The average molecular weight is 435 g/mol. The summed E-state index contributed by atoms with van der Waals surface area (Å²) in [6.07, 6.45) is 0. The van der Waals surface area contributed by atoms with Crippen LogP contribution in [-0.2, 0) is 9.59 Å². The second kappa shape index (κ2) is 8.04. The van der Waals surface area contributed by atoms with Crippen molar-refractivity contribution in [3.63, 3.8) is 0 Å². The van der Waals surface area contributed by atoms with Gasteiger partial charge in [0.05, 0.1) is 16.5 Å². The van der Waals surface area contributed by atoms with Crippen molar-refractivity contribution in [2.75, 3.05) is 4.90 Å². The molecule has 0 radical (unpaired) electrons. The van der Waals surface area contributed by atoms with Crippen LogP contribution in [0.2, 0.25) is 5.02 Å². The number of aliphatic hydroxyl groups is 1. The molecule has 154 valence electrons. The first-order chi connectivity index (χ1) is 14.9. The number of carbonyl (C=O) groups is 2. The number of nitrogens with zero attached hydrogens (tertiary/aromatic N) is 2. The number of nitro groups is 1. The molecule has 1 heterocycles. The van der Waals surface area contributed by atoms with Gasteiger partial charge < -0.3 is 5.11 Å². The second-order valence-corrected chi connectivity index (χ2v) is 7.30. The van der Waals surface area contributed by atoms with E-state index >= 15 is 0 Å². The highest BCUT2D eigenvalue weighted by molar-refractivity contribution is 6.51. The Labute approximate surface area is 182 Å². The minimum absolute atomic E-state index is 0.156. The van der Waals surface area contributed by atoms with Gasteiger partial charge in [-0.3, -0.25) is 24.6 Å². The third-order valence-electron chi connectivity index (χ3n) is 4.97. The number of halogens is 1. The van der Waals surface area contributed by atoms with Gasteiger partial charge in [-0.05, 0) is 23.8 Å². The summed E-state index contributed by atoms with van der Waals surface area (Å²) in [4.78, 5) is 38.0. The lowest BCUT2D eigenvalue weighted by atomic mass is 9.95. The summed E-state index contributed by atoms with van der Waals surface area (Å²) < 4.78 is 0. The molecular weight excluding hydrogens is 420 g/mol. The Bertz CT molecular complexity index is 1240. The van der Waals surface area contributed by atoms with Crippen LogP contribution in [0.4, 0.5) is 11.4 Å². The van der Waals surface area contributed by atoms with Crippen LogP contribution in [-0.4, -0.2) is 21.7 Å². The Morgan fingerprint density at radius 1 is 0.968 bits per heavy atom. The number of carbonyl (C=O) groups excluding carboxylic acids is 2. The normalized spacial score (nSPS) is 17.7. The number of Topliss-reactive ketones (excluding diaryl/α,β-unsaturated/α-hetero) is 1. The van der Waals surface area contributed by atoms with Crippen LogP contribution < -0.4 is 4.90 Å². The van der Waals surface area contributed by atoms with Gasteiger partial charge in [0.2, 0.25) is 0 Å². The van der Waals surface area contributed by atoms with E-state index in [9.17, 15) is 24.8 Å². The summed E-state index contributed by atoms with van der Waals surface area (Å²) in [7, 11) is 0. The Kier molecular flexibility index (Phi) is 5.27. The molecule has 0 unspecified atom stereocenters. The molecule has 1 aliphatic heterocycles. The molecular formula is C23H15ClN2O5. The van der Waals surface area contributed by atoms with E-state index in [0.29, 0.717) is 21.8 Å². The minimum Gasteiger partial charge on any atom is -0.507 e. The van der Waals surface area contributed by atoms with Crippen molar-refractivity contribution in [2.24, 2.45) is 0 Å². The van der Waals surface area contributed by atoms with Gasteiger partial charge >= 0.3 is 0 Å². The maximum Gasteiger partial charge on any atom is 0.300 e. The molecule has 3 aromatic rings. The summed E-state index contributed by atoms with van der Waals surface area (Å²) in [6.45, 7) is 0. The number of hydrogen-bond donors (Lipinski definition) is 1. The van der Waals surface area contributed by atoms with Crippen molar-refractivity contribution < 1.29 is 19.6 Å². The number of amides is 1. The van der Waals surface area contributed by atoms with Gasteiger partial charge in [-0.2, -0.15) is 0 Å². The van der Waals surface area contributed by atoms with Gasteiger partial charge in [0.1, 0.15) is 5.76 Å². The molecule has 1 fully saturated rings. The number of benzene rings is 3. The van der Waals surface area contributed by atoms with Crippen LogP contribution >= 0.6 is 11.6 Å². The fourth-order valence-electron chi connectivity index (χ4n) is 3.60. The molecule has 1 N–H and O–H groups in total. The lowest BCUT2D eigenvalue weighted by Crippen LogP contribution is -2.29. The zero-order valence-electron chi connectivity index (χ0n) is 15.9. The molecule has 1 saturated heterocycles. The topological polar surface area (TPSA) is 101 Å². The van der Waals surface area contributed by atoms with E-state index in [-0.39, 0.29) is 17.0 Å². The van der Waals surface area contributed by atoms with E-state index in [2.05, 4.69) is 0 Å². The first-order valence-corrected chi connectivity index (χ1v) is 9.62. The highest BCUT2D eigenvalue weighted by Crippen LogP contribution is 2.43. The molecule has 1 atom stereocenters. The van der Waals surface area contributed by atoms with Crippen molar-refractivity contribution in [1.29, 1.82) is 0 Å². The Morgan fingerprint density at radius 3 is 2.35 bits per heavy atom. The molecule has 0 spiro atoms. The molecule has 8 heteroatoms. The summed E-state index contributed by atoms with van der Waals surface area (Å²) in [5.41, 5.74) is 0.636. The van der Waals surface area contributed by atoms with Crippen molar-refractivity contribution in [3.05, 3.63) is 111 Å². The van der Waals surface area contributed by atoms with Crippen LogP contribution in [0.5, 0.6) is 0 Å². The van der Waals surface area contributed by atoms with Crippen molar-refractivity contribution in [2.45, 2.75) is 6.04 Å². The van der Waals surface area contributed by atoms with E-state index in [1.807, 2.05) is 0 Å². The molecule has 7 nitrogen and oxygen atoms in total. The van der Waals surface area contributed by atoms with Gasteiger partial charge in [-0.15, -0.1) is 0 Å². The molecule has 0 saturated carbocycles. The van der Waals surface area contributed by atoms with Gasteiger partial charge in [0.25, 0.3) is 17.4 Å². The third kappa shape index (κ3) is 3.67. The highest BCUT2D eigenvalue weighted by atomic mass is 35.5. The number of ketones is 1. The summed E-state index contributed by atoms with van der Waals surface area (Å²) >= 11 is 6.09. The van der Waals surface area contributed by atoms with Crippen LogP contribution in [0.3, 0.4) is 0 Å². The quantitative estimate of drug-likeness (QED) is 0.207. The number of non-ortho nitro benzene ring substituents is 1. The molecule has 0 aliphatic carbocycles. The molecule has 3 aromatic carbocycles. The molecule has 31 heavy (non-hydrogen) atoms. The van der Waals surface area contributed by atoms with Crippen molar-refractivity contribution in [3.8, 4) is 0 Å². The fourth-order valence-corrected chi connectivity index (χ4v) is 3.78. The summed E-state index contributed by atoms with van der Waals surface area (Å²) in [5.74, 6) is -2.12. The maximum atomic E-state index is 13.0. The van der Waals surface area contributed by atoms with E-state index < -0.39 is 22.7 Å². The predicted octanol–water partition coefficient (Wildman–Crippen LogP) is 4.87. The smallest absolute Gasteiger partial charge is 0.300 e. The van der Waals surface area contributed by atoms with Crippen LogP contribution in [0.25, 0.3) is 5.76 Å². The Morgan fingerprint density at radius 2 is 1.68 bits per heavy atom. The lowest BCUT2D eigenvalue weighted by molar-refractivity contribution is -0.384. The molecule has 1 aliphatic rings. The van der Waals surface area contributed by atoms with E-state index in [1.165, 1.54) is 29.2 Å². The highest BCUT2D eigenvalue weighted by Gasteiger charge is 2.47. The fraction of sp³-hybridized carbons (Fsp3) is 0.0435. The zero-order valence-corrected chi connectivity index (χ0v) is 16.7. The van der Waals surface area contributed by atoms with Gasteiger partial charge in [0.15, 0.2) is 0 Å². The van der Waals surface area contributed by atoms with E-state index in [1.54, 1.807) is 54.6 Å². The summed E-state index contributed by atoms with van der Waals surface area (Å²) in [5, 5.41) is 22.6. The minimum atomic E-state index is -1.07. The number of hydrogen-bond acceptors (Lipinski definition) is 5. The van der Waals surface area contributed by atoms with Crippen molar-refractivity contribution >= 4 is 40.4 Å². The maximum absolute atomic E-state index is 13.0. The predicted molar refractivity (Wildman–Crippen MR) is 116 cm³/mol. The Balaban J connectivity index is 1.98. The first-order valence-electron chi connectivity index (χ1n) is 9.25.